The van der Waals surface area contributed by atoms with Crippen LogP contribution in [0.5, 0.6) is 0 Å². The Morgan fingerprint density at radius 1 is 0.180 bits per heavy atom. The molecule has 4 aromatic heterocycles. The Labute approximate surface area is 586 Å². The van der Waals surface area contributed by atoms with Gasteiger partial charge in [-0.15, -0.1) is 0 Å². The molecule has 0 saturated carbocycles. The number of fused-ring (bicyclic) bond motifs is 12. The van der Waals surface area contributed by atoms with Gasteiger partial charge in [0.15, 0.2) is 0 Å². The largest absolute Gasteiger partial charge is 0.310 e. The predicted molar refractivity (Wildman–Crippen MR) is 428 cm³/mol. The summed E-state index contributed by atoms with van der Waals surface area (Å²) in [5.74, 6) is 0. The lowest BCUT2D eigenvalue weighted by Gasteiger charge is -2.27. The van der Waals surface area contributed by atoms with E-state index in [9.17, 15) is 0 Å². The maximum Gasteiger partial charge on any atom is 0.0548 e. The molecule has 17 aromatic rings. The lowest BCUT2D eigenvalue weighted by Crippen LogP contribution is -2.13. The Hall–Kier alpha value is -11.3. The summed E-state index contributed by atoms with van der Waals surface area (Å²) >= 11 is 0. The lowest BCUT2D eigenvalue weighted by molar-refractivity contribution is 0.590. The summed E-state index contributed by atoms with van der Waals surface area (Å²) in [5.41, 5.74) is 25.6. The molecule has 0 aliphatic heterocycles. The van der Waals surface area contributed by atoms with Gasteiger partial charge in [0.1, 0.15) is 0 Å². The van der Waals surface area contributed by atoms with E-state index in [2.05, 4.69) is 402 Å². The SMILES string of the molecule is CC(C)(C)c1ccc(N(c2ccc3c(c2)c2ccccc2n3-c2ccc(C(C)(C)C)cc2)c2ccc3c(c2)c2cc4c(cc2n3-c2ccccc2)c2cc(N(c3ccc(C(C)(C)C)cc3)c3ccc5c(c3)c3ccccc3n5-c3ccc(C(C)(C)C)cc3)ccc2n4-c2ccccc2)cc1. The van der Waals surface area contributed by atoms with Crippen molar-refractivity contribution in [2.45, 2.75) is 105 Å². The van der Waals surface area contributed by atoms with Gasteiger partial charge in [0, 0.05) is 100.0 Å². The van der Waals surface area contributed by atoms with Crippen LogP contribution in [0.1, 0.15) is 105 Å². The first kappa shape index (κ1) is 62.2. The van der Waals surface area contributed by atoms with Crippen LogP contribution >= 0.6 is 0 Å². The fraction of sp³-hybridized carbons (Fsp3) is 0.170. The molecule has 0 unspecified atom stereocenters. The van der Waals surface area contributed by atoms with Crippen molar-refractivity contribution >= 4 is 121 Å². The number of nitrogens with zero attached hydrogens (tertiary/aromatic N) is 6. The normalized spacial score (nSPS) is 12.6. The number of hydrogen-bond acceptors (Lipinski definition) is 2. The Morgan fingerprint density at radius 3 is 0.700 bits per heavy atom. The van der Waals surface area contributed by atoms with E-state index in [0.29, 0.717) is 0 Å². The Balaban J connectivity index is 0.876. The molecule has 0 bridgehead atoms. The summed E-state index contributed by atoms with van der Waals surface area (Å²) in [6, 6.07) is 110. The minimum absolute atomic E-state index is 0.0146. The third kappa shape index (κ3) is 10.5. The van der Waals surface area contributed by atoms with Crippen molar-refractivity contribution in [3.8, 4) is 22.7 Å². The Bertz CT molecular complexity index is 5640. The van der Waals surface area contributed by atoms with Gasteiger partial charge in [0.2, 0.25) is 0 Å². The van der Waals surface area contributed by atoms with E-state index in [1.54, 1.807) is 0 Å². The van der Waals surface area contributed by atoms with Gasteiger partial charge in [-0.3, -0.25) is 0 Å². The molecule has 0 saturated heterocycles. The third-order valence-corrected chi connectivity index (χ3v) is 21.0. The molecule has 6 nitrogen and oxygen atoms in total. The van der Waals surface area contributed by atoms with Crippen molar-refractivity contribution in [3.63, 3.8) is 0 Å². The van der Waals surface area contributed by atoms with Crippen molar-refractivity contribution in [1.82, 2.24) is 18.3 Å². The highest BCUT2D eigenvalue weighted by Crippen LogP contribution is 2.48. The van der Waals surface area contributed by atoms with Crippen LogP contribution in [-0.2, 0) is 21.7 Å². The second-order valence-electron chi connectivity index (χ2n) is 31.6. The first-order valence-electron chi connectivity index (χ1n) is 35.4. The maximum absolute atomic E-state index is 2.48. The van der Waals surface area contributed by atoms with Crippen LogP contribution in [0.4, 0.5) is 34.1 Å². The minimum Gasteiger partial charge on any atom is -0.310 e. The summed E-state index contributed by atoms with van der Waals surface area (Å²) in [7, 11) is 0. The zero-order valence-electron chi connectivity index (χ0n) is 59.4. The molecular formula is C94H84N6. The molecule has 0 amide bonds. The van der Waals surface area contributed by atoms with Crippen molar-refractivity contribution in [2.24, 2.45) is 0 Å². The summed E-state index contributed by atoms with van der Waals surface area (Å²) < 4.78 is 9.82. The Kier molecular flexibility index (Phi) is 14.4. The van der Waals surface area contributed by atoms with Crippen LogP contribution in [0.3, 0.4) is 0 Å². The molecule has 0 aliphatic rings. The van der Waals surface area contributed by atoms with Crippen molar-refractivity contribution in [1.29, 1.82) is 0 Å². The average molecular weight is 1300 g/mol. The average Bonchev–Trinajstić information content (AvgIpc) is 1.56. The molecule has 0 atom stereocenters. The highest BCUT2D eigenvalue weighted by atomic mass is 15.2. The number of hydrogen-bond donors (Lipinski definition) is 0. The van der Waals surface area contributed by atoms with Gasteiger partial charge in [0.05, 0.1) is 44.1 Å². The van der Waals surface area contributed by atoms with E-state index in [0.717, 1.165) is 78.9 Å². The Morgan fingerprint density at radius 2 is 0.400 bits per heavy atom. The highest BCUT2D eigenvalue weighted by Gasteiger charge is 2.27. The number of benzene rings is 13. The number of rotatable bonds is 10. The van der Waals surface area contributed by atoms with Crippen molar-refractivity contribution in [3.05, 3.63) is 313 Å². The van der Waals surface area contributed by atoms with Gasteiger partial charge < -0.3 is 28.1 Å². The molecule has 17 rings (SSSR count). The van der Waals surface area contributed by atoms with Crippen molar-refractivity contribution < 1.29 is 0 Å². The molecule has 4 heterocycles. The second-order valence-corrected chi connectivity index (χ2v) is 31.6. The molecule has 0 aliphatic carbocycles. The molecule has 6 heteroatoms. The third-order valence-electron chi connectivity index (χ3n) is 21.0. The van der Waals surface area contributed by atoms with Gasteiger partial charge in [-0.2, -0.15) is 0 Å². The van der Waals surface area contributed by atoms with Crippen LogP contribution in [0.25, 0.3) is 110 Å². The zero-order chi connectivity index (χ0) is 68.7. The quantitative estimate of drug-likeness (QED) is 0.136. The van der Waals surface area contributed by atoms with Crippen LogP contribution in [0.2, 0.25) is 0 Å². The van der Waals surface area contributed by atoms with Gasteiger partial charge >= 0.3 is 0 Å². The van der Waals surface area contributed by atoms with Crippen LogP contribution < -0.4 is 9.80 Å². The fourth-order valence-corrected chi connectivity index (χ4v) is 15.6. The monoisotopic (exact) mass is 1300 g/mol. The molecule has 0 fully saturated rings. The summed E-state index contributed by atoms with van der Waals surface area (Å²) in [6.07, 6.45) is 0. The van der Waals surface area contributed by atoms with E-state index in [1.165, 1.54) is 87.4 Å². The zero-order valence-corrected chi connectivity index (χ0v) is 59.4. The number of anilines is 6. The van der Waals surface area contributed by atoms with Crippen LogP contribution in [0.15, 0.2) is 291 Å². The molecule has 13 aromatic carbocycles. The molecule has 0 N–H and O–H groups in total. The van der Waals surface area contributed by atoms with Gasteiger partial charge in [-0.1, -0.05) is 204 Å². The van der Waals surface area contributed by atoms with Gasteiger partial charge in [-0.25, -0.2) is 0 Å². The van der Waals surface area contributed by atoms with Gasteiger partial charge in [-0.05, 0) is 214 Å². The van der Waals surface area contributed by atoms with E-state index >= 15 is 0 Å². The number of aromatic nitrogens is 4. The molecular weight excluding hydrogens is 1210 g/mol. The smallest absolute Gasteiger partial charge is 0.0548 e. The molecule has 490 valence electrons. The van der Waals surface area contributed by atoms with E-state index < -0.39 is 0 Å². The summed E-state index contributed by atoms with van der Waals surface area (Å²) in [5, 5.41) is 9.52. The minimum atomic E-state index is -0.0146. The first-order valence-corrected chi connectivity index (χ1v) is 35.4. The van der Waals surface area contributed by atoms with E-state index in [-0.39, 0.29) is 21.7 Å². The highest BCUT2D eigenvalue weighted by molar-refractivity contribution is 6.21. The van der Waals surface area contributed by atoms with Crippen molar-refractivity contribution in [2.75, 3.05) is 9.80 Å². The fourth-order valence-electron chi connectivity index (χ4n) is 15.6. The van der Waals surface area contributed by atoms with E-state index in [4.69, 9.17) is 0 Å². The topological polar surface area (TPSA) is 26.2 Å². The summed E-state index contributed by atoms with van der Waals surface area (Å²) in [6.45, 7) is 27.4. The maximum atomic E-state index is 2.48. The number of para-hydroxylation sites is 4. The lowest BCUT2D eigenvalue weighted by atomic mass is 9.87. The second kappa shape index (κ2) is 23.1. The van der Waals surface area contributed by atoms with E-state index in [1.807, 2.05) is 0 Å². The van der Waals surface area contributed by atoms with Crippen LogP contribution in [-0.4, -0.2) is 18.3 Å². The van der Waals surface area contributed by atoms with Crippen LogP contribution in [0, 0.1) is 0 Å². The molecule has 0 radical (unpaired) electrons. The molecule has 100 heavy (non-hydrogen) atoms. The predicted octanol–water partition coefficient (Wildman–Crippen LogP) is 26.2. The van der Waals surface area contributed by atoms with Gasteiger partial charge in [0.25, 0.3) is 0 Å². The molecule has 0 spiro atoms. The summed E-state index contributed by atoms with van der Waals surface area (Å²) in [4.78, 5) is 4.93. The standard InChI is InChI=1S/C94H84N6/c1-91(2,3)61-31-39-67(40-32-61)95(71-47-51-85-77(55-71)75-27-19-21-29-83(75)97(85)69-43-35-63(36-44-69)93(7,8)9)73-49-53-87-79(57-73)81-59-90-82(60-89(81)99(87)65-23-15-13-16-24-65)80-58-74(50-54-88(80)100(90)66-25-17-14-18-26-66)96(68-41-33-62(34-42-68)92(4,5)6)72-48-52-86-78(56-72)76-28-20-22-30-84(76)98(86)70-45-37-64(38-46-70)94(10,11)12/h13-60H,1-12H3. The first-order chi connectivity index (χ1) is 48.1.